The summed E-state index contributed by atoms with van der Waals surface area (Å²) in [6.45, 7) is 6.25. The molecule has 0 aliphatic carbocycles. The molecule has 4 heterocycles. The summed E-state index contributed by atoms with van der Waals surface area (Å²) in [5, 5.41) is 3.50. The van der Waals surface area contributed by atoms with Gasteiger partial charge in [0.1, 0.15) is 5.82 Å². The Bertz CT molecular complexity index is 739. The van der Waals surface area contributed by atoms with Crippen LogP contribution in [0.3, 0.4) is 0 Å². The molecule has 1 N–H and O–H groups in total. The van der Waals surface area contributed by atoms with Crippen molar-refractivity contribution in [2.45, 2.75) is 19.0 Å². The summed E-state index contributed by atoms with van der Waals surface area (Å²) in [5.41, 5.74) is 1.23. The Morgan fingerprint density at radius 3 is 2.96 bits per heavy atom. The first-order valence-electron chi connectivity index (χ1n) is 9.00. The molecule has 2 fully saturated rings. The van der Waals surface area contributed by atoms with Crippen molar-refractivity contribution in [3.8, 4) is 0 Å². The highest BCUT2D eigenvalue weighted by molar-refractivity contribution is 9.10. The van der Waals surface area contributed by atoms with E-state index >= 15 is 0 Å². The highest BCUT2D eigenvalue weighted by Crippen LogP contribution is 2.19. The summed E-state index contributed by atoms with van der Waals surface area (Å²) in [7, 11) is 0. The molecule has 0 aromatic carbocycles. The van der Waals surface area contributed by atoms with Gasteiger partial charge in [-0.2, -0.15) is 4.98 Å². The van der Waals surface area contributed by atoms with Gasteiger partial charge in [-0.05, 0) is 40.0 Å². The lowest BCUT2D eigenvalue weighted by Crippen LogP contribution is -2.37. The summed E-state index contributed by atoms with van der Waals surface area (Å²) in [5.74, 6) is 1.69. The maximum absolute atomic E-state index is 5.41. The minimum atomic E-state index is 0.370. The average molecular weight is 419 g/mol. The van der Waals surface area contributed by atoms with Crippen molar-refractivity contribution in [2.75, 3.05) is 49.6 Å². The van der Waals surface area contributed by atoms with Gasteiger partial charge < -0.3 is 15.0 Å². The minimum absolute atomic E-state index is 0.370. The number of hydrogen-bond donors (Lipinski definition) is 1. The van der Waals surface area contributed by atoms with E-state index in [1.54, 1.807) is 0 Å². The number of ether oxygens (including phenoxy) is 1. The van der Waals surface area contributed by atoms with Gasteiger partial charge in [-0.1, -0.05) is 0 Å². The summed E-state index contributed by atoms with van der Waals surface area (Å²) < 4.78 is 6.44. The van der Waals surface area contributed by atoms with Crippen LogP contribution in [0.25, 0.3) is 0 Å². The fraction of sp³-hybridized carbons (Fsp3) is 0.500. The fourth-order valence-electron chi connectivity index (χ4n) is 3.46. The molecule has 0 bridgehead atoms. The highest BCUT2D eigenvalue weighted by atomic mass is 79.9. The second-order valence-corrected chi connectivity index (χ2v) is 7.63. The second-order valence-electron chi connectivity index (χ2n) is 6.71. The Morgan fingerprint density at radius 1 is 1.23 bits per heavy atom. The lowest BCUT2D eigenvalue weighted by molar-refractivity contribution is 0.122. The van der Waals surface area contributed by atoms with Crippen molar-refractivity contribution in [3.05, 3.63) is 40.8 Å². The lowest BCUT2D eigenvalue weighted by Gasteiger charge is -2.28. The molecule has 2 aliphatic rings. The molecule has 2 aliphatic heterocycles. The van der Waals surface area contributed by atoms with Crippen molar-refractivity contribution in [3.63, 3.8) is 0 Å². The Labute approximate surface area is 161 Å². The molecule has 8 heteroatoms. The van der Waals surface area contributed by atoms with Crippen molar-refractivity contribution in [2.24, 2.45) is 0 Å². The first kappa shape index (κ1) is 17.6. The summed E-state index contributed by atoms with van der Waals surface area (Å²) in [6, 6.07) is 4.47. The largest absolute Gasteiger partial charge is 0.378 e. The van der Waals surface area contributed by atoms with E-state index in [0.717, 1.165) is 62.6 Å². The van der Waals surface area contributed by atoms with Gasteiger partial charge in [0.05, 0.1) is 13.2 Å². The quantitative estimate of drug-likeness (QED) is 0.797. The molecule has 26 heavy (non-hydrogen) atoms. The van der Waals surface area contributed by atoms with Gasteiger partial charge in [-0.15, -0.1) is 0 Å². The van der Waals surface area contributed by atoms with E-state index in [4.69, 9.17) is 9.72 Å². The molecule has 1 atom stereocenters. The monoisotopic (exact) mass is 418 g/mol. The Morgan fingerprint density at radius 2 is 2.12 bits per heavy atom. The highest BCUT2D eigenvalue weighted by Gasteiger charge is 2.23. The topological polar surface area (TPSA) is 66.4 Å². The van der Waals surface area contributed by atoms with Gasteiger partial charge in [0.2, 0.25) is 5.95 Å². The Balaban J connectivity index is 1.33. The van der Waals surface area contributed by atoms with Gasteiger partial charge in [0.15, 0.2) is 0 Å². The fourth-order valence-corrected chi connectivity index (χ4v) is 3.88. The van der Waals surface area contributed by atoms with Gasteiger partial charge in [0, 0.05) is 61.8 Å². The number of morpholine rings is 1. The smallest absolute Gasteiger partial charge is 0.224 e. The van der Waals surface area contributed by atoms with Crippen LogP contribution in [0, 0.1) is 0 Å². The third kappa shape index (κ3) is 4.49. The number of pyridine rings is 1. The number of rotatable bonds is 5. The molecule has 2 saturated heterocycles. The summed E-state index contributed by atoms with van der Waals surface area (Å²) >= 11 is 3.49. The third-order valence-corrected chi connectivity index (χ3v) is 5.18. The Hall–Kier alpha value is -1.77. The number of nitrogens with one attached hydrogen (secondary N) is 1. The van der Waals surface area contributed by atoms with Crippen LogP contribution in [0.15, 0.2) is 35.2 Å². The first-order valence-corrected chi connectivity index (χ1v) is 9.79. The van der Waals surface area contributed by atoms with Crippen LogP contribution in [0.2, 0.25) is 0 Å². The standard InChI is InChI=1S/C18H23BrN6O/c19-15-9-14(10-20-11-15)12-24-4-2-16(13-24)22-18-21-3-1-17(23-18)25-5-7-26-8-6-25/h1,3,9-11,16H,2,4-8,12-13H2,(H,21,22,23). The van der Waals surface area contributed by atoms with Gasteiger partial charge in [0.25, 0.3) is 0 Å². The van der Waals surface area contributed by atoms with E-state index in [-0.39, 0.29) is 0 Å². The SMILES string of the molecule is Brc1cncc(CN2CCC(Nc3nccc(N4CCOCC4)n3)C2)c1. The predicted molar refractivity (Wildman–Crippen MR) is 104 cm³/mol. The molecule has 0 saturated carbocycles. The summed E-state index contributed by atoms with van der Waals surface area (Å²) in [4.78, 5) is 18.0. The van der Waals surface area contributed by atoms with Crippen LogP contribution in [0.4, 0.5) is 11.8 Å². The maximum atomic E-state index is 5.41. The zero-order valence-electron chi connectivity index (χ0n) is 14.6. The van der Waals surface area contributed by atoms with Crippen LogP contribution < -0.4 is 10.2 Å². The van der Waals surface area contributed by atoms with E-state index in [2.05, 4.69) is 47.1 Å². The molecule has 2 aromatic heterocycles. The van der Waals surface area contributed by atoms with E-state index in [1.807, 2.05) is 24.7 Å². The number of likely N-dealkylation sites (tertiary alicyclic amines) is 1. The van der Waals surface area contributed by atoms with E-state index in [9.17, 15) is 0 Å². The lowest BCUT2D eigenvalue weighted by atomic mass is 10.2. The number of anilines is 2. The zero-order chi connectivity index (χ0) is 17.8. The zero-order valence-corrected chi connectivity index (χ0v) is 16.2. The van der Waals surface area contributed by atoms with Gasteiger partial charge >= 0.3 is 0 Å². The van der Waals surface area contributed by atoms with Crippen LogP contribution in [-0.4, -0.2) is 65.3 Å². The minimum Gasteiger partial charge on any atom is -0.378 e. The van der Waals surface area contributed by atoms with Crippen molar-refractivity contribution >= 4 is 27.7 Å². The predicted octanol–water partition coefficient (Wildman–Crippen LogP) is 2.16. The molecule has 4 rings (SSSR count). The number of halogens is 1. The second kappa shape index (κ2) is 8.28. The molecule has 2 aromatic rings. The number of aromatic nitrogens is 3. The van der Waals surface area contributed by atoms with E-state index in [1.165, 1.54) is 5.56 Å². The van der Waals surface area contributed by atoms with E-state index < -0.39 is 0 Å². The van der Waals surface area contributed by atoms with Crippen molar-refractivity contribution in [1.29, 1.82) is 0 Å². The third-order valence-electron chi connectivity index (χ3n) is 4.75. The molecule has 0 spiro atoms. The normalized spacial score (nSPS) is 21.1. The molecule has 7 nitrogen and oxygen atoms in total. The summed E-state index contributed by atoms with van der Waals surface area (Å²) in [6.07, 6.45) is 6.67. The molecule has 0 radical (unpaired) electrons. The molecular formula is C18H23BrN6O. The van der Waals surface area contributed by atoms with Crippen LogP contribution >= 0.6 is 15.9 Å². The maximum Gasteiger partial charge on any atom is 0.224 e. The van der Waals surface area contributed by atoms with Crippen LogP contribution in [-0.2, 0) is 11.3 Å². The molecule has 0 amide bonds. The molecule has 138 valence electrons. The number of hydrogen-bond acceptors (Lipinski definition) is 7. The number of nitrogens with zero attached hydrogens (tertiary/aromatic N) is 5. The van der Waals surface area contributed by atoms with Crippen molar-refractivity contribution in [1.82, 2.24) is 19.9 Å². The van der Waals surface area contributed by atoms with E-state index in [0.29, 0.717) is 12.0 Å². The van der Waals surface area contributed by atoms with Gasteiger partial charge in [-0.25, -0.2) is 4.98 Å². The Kier molecular flexibility index (Phi) is 5.62. The van der Waals surface area contributed by atoms with Gasteiger partial charge in [-0.3, -0.25) is 9.88 Å². The molecular weight excluding hydrogens is 396 g/mol. The van der Waals surface area contributed by atoms with Crippen molar-refractivity contribution < 1.29 is 4.74 Å². The average Bonchev–Trinajstić information content (AvgIpc) is 3.09. The molecule has 1 unspecified atom stereocenters. The van der Waals surface area contributed by atoms with Crippen LogP contribution in [0.1, 0.15) is 12.0 Å². The first-order chi connectivity index (χ1) is 12.8. The van der Waals surface area contributed by atoms with Crippen LogP contribution in [0.5, 0.6) is 0 Å².